The molecule has 73 heavy (non-hydrogen) atoms. The van der Waals surface area contributed by atoms with Crippen molar-refractivity contribution in [3.63, 3.8) is 0 Å². The number of phosphoric ester groups is 1. The molecule has 0 N–H and O–H groups in total. The molecule has 0 saturated carbocycles. The van der Waals surface area contributed by atoms with E-state index < -0.39 is 13.9 Å². The Morgan fingerprint density at radius 2 is 0.753 bits per heavy atom. The lowest BCUT2D eigenvalue weighted by atomic mass is 10.1. The van der Waals surface area contributed by atoms with E-state index in [2.05, 4.69) is 172 Å². The molecule has 0 rings (SSSR count). The number of allylic oxidation sites excluding steroid dienone is 26. The number of phosphoric acid groups is 1. The number of carbonyl (C=O) groups is 1. The Kier molecular flexibility index (Phi) is 51.5. The van der Waals surface area contributed by atoms with Crippen molar-refractivity contribution in [2.24, 2.45) is 0 Å². The highest BCUT2D eigenvalue weighted by Gasteiger charge is 2.20. The third-order valence-corrected chi connectivity index (χ3v) is 12.0. The first-order valence-electron chi connectivity index (χ1n) is 28.2. The summed E-state index contributed by atoms with van der Waals surface area (Å²) in [5.41, 5.74) is 0. The molecule has 2 unspecified atom stereocenters. The fraction of sp³-hybridized carbons (Fsp3) is 0.578. The summed E-state index contributed by atoms with van der Waals surface area (Å²) in [7, 11) is 1.30. The Balaban J connectivity index is 4.26. The minimum Gasteiger partial charge on any atom is -0.756 e. The van der Waals surface area contributed by atoms with Crippen molar-refractivity contribution in [1.82, 2.24) is 0 Å². The number of nitrogens with zero attached hydrogens (tertiary/aromatic N) is 1. The normalized spacial score (nSPS) is 14.7. The minimum atomic E-state index is -4.56. The summed E-state index contributed by atoms with van der Waals surface area (Å²) >= 11 is 0. The Hall–Kier alpha value is -3.88. The van der Waals surface area contributed by atoms with E-state index in [-0.39, 0.29) is 32.2 Å². The molecule has 0 amide bonds. The lowest BCUT2D eigenvalue weighted by molar-refractivity contribution is -0.870. The number of unbranched alkanes of at least 4 members (excludes halogenated alkanes) is 10. The largest absolute Gasteiger partial charge is 0.756 e. The van der Waals surface area contributed by atoms with Crippen LogP contribution in [0.1, 0.15) is 181 Å². The van der Waals surface area contributed by atoms with Gasteiger partial charge in [0.1, 0.15) is 19.3 Å². The van der Waals surface area contributed by atoms with Gasteiger partial charge < -0.3 is 27.9 Å². The molecule has 2 atom stereocenters. The predicted octanol–water partition coefficient (Wildman–Crippen LogP) is 17.5. The van der Waals surface area contributed by atoms with Crippen LogP contribution in [-0.4, -0.2) is 70.7 Å². The highest BCUT2D eigenvalue weighted by molar-refractivity contribution is 7.45. The van der Waals surface area contributed by atoms with Crippen LogP contribution in [0.5, 0.6) is 0 Å². The SMILES string of the molecule is CC/C=C\C/C=C\C/C=C\C/C=C\C/C=C\C/C=C\C/C=C\CCCCCC(=O)OC(COCCCCCCCCC/C=C\C/C=C\C/C=C\C/C=C\C/C=C\C/C=C\CC)COP(=O)([O-])OCC[N+](C)(C)C. The van der Waals surface area contributed by atoms with Crippen molar-refractivity contribution in [3.8, 4) is 0 Å². The fourth-order valence-corrected chi connectivity index (χ4v) is 7.55. The zero-order valence-corrected chi connectivity index (χ0v) is 47.7. The molecular weight excluding hydrogens is 926 g/mol. The number of carbonyl (C=O) groups excluding carboxylic acids is 1. The molecule has 0 fully saturated rings. The summed E-state index contributed by atoms with van der Waals surface area (Å²) in [5.74, 6) is -0.377. The molecule has 8 nitrogen and oxygen atoms in total. The average molecular weight is 1030 g/mol. The standard InChI is InChI=1S/C64H104NO7P/c1-6-8-10-12-14-16-18-20-22-24-26-28-30-32-34-36-38-40-42-44-46-48-50-52-54-56-59-69-61-63(62-71-73(67,68)70-60-58-65(3,4)5)72-64(66)57-55-53-51-49-47-45-43-41-39-37-35-33-31-29-27-25-23-21-19-17-15-13-11-9-7-2/h8-11,14-17,20-23,26-29,32-35,38-41,45,47,63H,6-7,12-13,18-19,24-25,30-31,36-37,42-44,46,48-62H2,1-5H3/b10-8-,11-9-,16-14-,17-15-,22-20-,23-21-,28-26-,29-27-,34-32-,35-33-,40-38-,41-39-,47-45-. The molecule has 0 aromatic heterocycles. The van der Waals surface area contributed by atoms with Gasteiger partial charge in [0.05, 0.1) is 34.4 Å². The molecule has 0 spiro atoms. The second kappa shape index (κ2) is 54.4. The molecule has 0 aliphatic carbocycles. The quantitative estimate of drug-likeness (QED) is 0.0197. The molecule has 0 radical (unpaired) electrons. The molecular formula is C64H104NO7P. The zero-order chi connectivity index (χ0) is 53.3. The molecule has 0 aromatic rings. The molecule has 0 saturated heterocycles. The van der Waals surface area contributed by atoms with Gasteiger partial charge in [0.15, 0.2) is 0 Å². The molecule has 0 heterocycles. The summed E-state index contributed by atoms with van der Waals surface area (Å²) < 4.78 is 34.8. The number of hydrogen-bond donors (Lipinski definition) is 0. The van der Waals surface area contributed by atoms with Gasteiger partial charge >= 0.3 is 5.97 Å². The van der Waals surface area contributed by atoms with Gasteiger partial charge in [-0.25, -0.2) is 0 Å². The van der Waals surface area contributed by atoms with Gasteiger partial charge in [-0.05, 0) is 122 Å². The van der Waals surface area contributed by atoms with E-state index in [1.165, 1.54) is 25.7 Å². The molecule has 412 valence electrons. The first-order valence-corrected chi connectivity index (χ1v) is 29.7. The number of hydrogen-bond acceptors (Lipinski definition) is 7. The zero-order valence-electron chi connectivity index (χ0n) is 46.8. The van der Waals surface area contributed by atoms with Gasteiger partial charge in [-0.15, -0.1) is 0 Å². The van der Waals surface area contributed by atoms with Crippen LogP contribution in [0.4, 0.5) is 0 Å². The Morgan fingerprint density at radius 1 is 0.425 bits per heavy atom. The second-order valence-corrected chi connectivity index (χ2v) is 20.6. The third kappa shape index (κ3) is 58.9. The van der Waals surface area contributed by atoms with Crippen LogP contribution in [0, 0.1) is 0 Å². The summed E-state index contributed by atoms with van der Waals surface area (Å²) in [6.07, 6.45) is 82.8. The number of rotatable bonds is 50. The summed E-state index contributed by atoms with van der Waals surface area (Å²) in [5, 5.41) is 0. The van der Waals surface area contributed by atoms with Crippen LogP contribution in [-0.2, 0) is 27.9 Å². The van der Waals surface area contributed by atoms with E-state index in [1.807, 2.05) is 21.1 Å². The van der Waals surface area contributed by atoms with Crippen LogP contribution in [0.25, 0.3) is 0 Å². The predicted molar refractivity (Wildman–Crippen MR) is 313 cm³/mol. The monoisotopic (exact) mass is 1030 g/mol. The molecule has 9 heteroatoms. The number of esters is 1. The van der Waals surface area contributed by atoms with Crippen molar-refractivity contribution in [2.45, 2.75) is 187 Å². The Bertz CT molecular complexity index is 1720. The van der Waals surface area contributed by atoms with E-state index in [0.29, 0.717) is 24.1 Å². The maximum atomic E-state index is 12.8. The van der Waals surface area contributed by atoms with Gasteiger partial charge in [-0.1, -0.05) is 210 Å². The van der Waals surface area contributed by atoms with Gasteiger partial charge in [0.25, 0.3) is 7.82 Å². The Morgan fingerprint density at radius 3 is 1.12 bits per heavy atom. The lowest BCUT2D eigenvalue weighted by Crippen LogP contribution is -2.37. The van der Waals surface area contributed by atoms with Crippen LogP contribution in [0.15, 0.2) is 158 Å². The van der Waals surface area contributed by atoms with Crippen LogP contribution < -0.4 is 4.89 Å². The van der Waals surface area contributed by atoms with E-state index in [4.69, 9.17) is 18.5 Å². The number of likely N-dealkylation sites (N-methyl/N-ethyl adjacent to an activating group) is 1. The van der Waals surface area contributed by atoms with E-state index in [1.54, 1.807) is 0 Å². The van der Waals surface area contributed by atoms with E-state index in [9.17, 15) is 14.3 Å². The highest BCUT2D eigenvalue weighted by Crippen LogP contribution is 2.38. The highest BCUT2D eigenvalue weighted by atomic mass is 31.2. The molecule has 0 aliphatic heterocycles. The average Bonchev–Trinajstić information content (AvgIpc) is 3.35. The van der Waals surface area contributed by atoms with Crippen molar-refractivity contribution in [3.05, 3.63) is 158 Å². The topological polar surface area (TPSA) is 94.1 Å². The number of quaternary nitrogens is 1. The minimum absolute atomic E-state index is 0.00635. The van der Waals surface area contributed by atoms with Gasteiger partial charge in [0.2, 0.25) is 0 Å². The third-order valence-electron chi connectivity index (χ3n) is 11.1. The number of ether oxygens (including phenoxy) is 2. The summed E-state index contributed by atoms with van der Waals surface area (Å²) in [6, 6.07) is 0. The van der Waals surface area contributed by atoms with Gasteiger partial charge in [-0.2, -0.15) is 0 Å². The van der Waals surface area contributed by atoms with Crippen LogP contribution in [0.2, 0.25) is 0 Å². The van der Waals surface area contributed by atoms with E-state index >= 15 is 0 Å². The van der Waals surface area contributed by atoms with Crippen molar-refractivity contribution in [2.75, 3.05) is 54.1 Å². The smallest absolute Gasteiger partial charge is 0.306 e. The Labute approximate surface area is 448 Å². The van der Waals surface area contributed by atoms with Gasteiger partial charge in [-0.3, -0.25) is 9.36 Å². The van der Waals surface area contributed by atoms with Crippen molar-refractivity contribution < 1.29 is 37.3 Å². The molecule has 0 bridgehead atoms. The maximum absolute atomic E-state index is 12.8. The molecule has 0 aliphatic rings. The van der Waals surface area contributed by atoms with Crippen LogP contribution in [0.3, 0.4) is 0 Å². The second-order valence-electron chi connectivity index (χ2n) is 19.2. The first kappa shape index (κ1) is 69.1. The van der Waals surface area contributed by atoms with Crippen molar-refractivity contribution in [1.29, 1.82) is 0 Å². The fourth-order valence-electron chi connectivity index (χ4n) is 6.82. The maximum Gasteiger partial charge on any atom is 0.306 e. The first-order chi connectivity index (χ1) is 35.6. The van der Waals surface area contributed by atoms with Crippen LogP contribution >= 0.6 is 7.82 Å². The summed E-state index contributed by atoms with van der Waals surface area (Å²) in [4.78, 5) is 25.3. The molecule has 0 aromatic carbocycles. The lowest BCUT2D eigenvalue weighted by Gasteiger charge is -2.28. The van der Waals surface area contributed by atoms with Crippen molar-refractivity contribution >= 4 is 13.8 Å². The van der Waals surface area contributed by atoms with Gasteiger partial charge in [0, 0.05) is 13.0 Å². The summed E-state index contributed by atoms with van der Waals surface area (Å²) in [6.45, 7) is 5.07. The van der Waals surface area contributed by atoms with E-state index in [0.717, 1.165) is 128 Å².